The van der Waals surface area contributed by atoms with Crippen molar-refractivity contribution in [3.8, 4) is 11.1 Å². The summed E-state index contributed by atoms with van der Waals surface area (Å²) < 4.78 is 5.61. The van der Waals surface area contributed by atoms with Gasteiger partial charge in [0.25, 0.3) is 0 Å². The zero-order valence-electron chi connectivity index (χ0n) is 19.0. The Morgan fingerprint density at radius 3 is 2.09 bits per heavy atom. The van der Waals surface area contributed by atoms with Gasteiger partial charge in [0.15, 0.2) is 0 Å². The molecule has 174 valence electrons. The van der Waals surface area contributed by atoms with Crippen molar-refractivity contribution in [2.75, 3.05) is 6.61 Å². The molecule has 0 bridgehead atoms. The van der Waals surface area contributed by atoms with Crippen LogP contribution in [0, 0.1) is 5.92 Å². The normalized spacial score (nSPS) is 16.8. The summed E-state index contributed by atoms with van der Waals surface area (Å²) in [6.45, 7) is 3.89. The van der Waals surface area contributed by atoms with Gasteiger partial charge in [0.1, 0.15) is 12.1 Å². The fraction of sp³-hybridized carbons (Fsp3) is 0.423. The number of alkyl carbamates (subject to hydrolysis) is 1. The first-order chi connectivity index (χ1) is 15.8. The second-order valence-corrected chi connectivity index (χ2v) is 9.31. The summed E-state index contributed by atoms with van der Waals surface area (Å²) in [4.78, 5) is 36.9. The van der Waals surface area contributed by atoms with E-state index in [2.05, 4.69) is 34.9 Å². The van der Waals surface area contributed by atoms with Crippen LogP contribution in [-0.2, 0) is 14.3 Å². The molecule has 7 nitrogen and oxygen atoms in total. The Morgan fingerprint density at radius 2 is 1.61 bits per heavy atom. The van der Waals surface area contributed by atoms with E-state index in [-0.39, 0.29) is 30.8 Å². The first-order valence-corrected chi connectivity index (χ1v) is 11.5. The van der Waals surface area contributed by atoms with Crippen LogP contribution in [-0.4, -0.2) is 41.3 Å². The number of carboxylic acids is 1. The standard InChI is InChI=1S/C26H30N2O5/c1-16(2)22(14-23(29)30)27-24(31)26(12-7-13-26)28-25(32)33-15-21-19-10-5-3-8-17(19)18-9-4-6-11-20(18)21/h3-6,8-11,16,21-22H,7,12-15H2,1-2H3,(H,27,31)(H,28,32)(H,29,30)/t22-/m0/s1. The molecule has 0 radical (unpaired) electrons. The van der Waals surface area contributed by atoms with Gasteiger partial charge in [-0.2, -0.15) is 0 Å². The van der Waals surface area contributed by atoms with Crippen LogP contribution in [0.15, 0.2) is 48.5 Å². The maximum atomic E-state index is 13.0. The Labute approximate surface area is 193 Å². The predicted molar refractivity (Wildman–Crippen MR) is 124 cm³/mol. The molecule has 0 spiro atoms. The third-order valence-corrected chi connectivity index (χ3v) is 6.84. The number of aliphatic carboxylic acids is 1. The molecule has 7 heteroatoms. The molecule has 1 fully saturated rings. The van der Waals surface area contributed by atoms with E-state index in [0.29, 0.717) is 12.8 Å². The third kappa shape index (κ3) is 4.58. The molecule has 2 amide bonds. The molecule has 0 saturated heterocycles. The Balaban J connectivity index is 1.41. The van der Waals surface area contributed by atoms with Crippen LogP contribution >= 0.6 is 0 Å². The van der Waals surface area contributed by atoms with E-state index in [0.717, 1.165) is 28.7 Å². The van der Waals surface area contributed by atoms with E-state index < -0.39 is 23.6 Å². The summed E-state index contributed by atoms with van der Waals surface area (Å²) in [5.41, 5.74) is 3.49. The summed E-state index contributed by atoms with van der Waals surface area (Å²) in [6, 6.07) is 15.7. The Kier molecular flexibility index (Phi) is 6.40. The number of ether oxygens (including phenoxy) is 1. The van der Waals surface area contributed by atoms with Gasteiger partial charge in [-0.3, -0.25) is 9.59 Å². The second kappa shape index (κ2) is 9.25. The molecule has 0 heterocycles. The molecule has 0 unspecified atom stereocenters. The molecule has 2 aliphatic carbocycles. The molecule has 3 N–H and O–H groups in total. The monoisotopic (exact) mass is 450 g/mol. The lowest BCUT2D eigenvalue weighted by Crippen LogP contribution is -2.64. The first kappa shape index (κ1) is 22.8. The lowest BCUT2D eigenvalue weighted by atomic mass is 9.75. The minimum Gasteiger partial charge on any atom is -0.481 e. The topological polar surface area (TPSA) is 105 Å². The van der Waals surface area contributed by atoms with E-state index in [1.807, 2.05) is 38.1 Å². The Morgan fingerprint density at radius 1 is 1.03 bits per heavy atom. The van der Waals surface area contributed by atoms with E-state index in [1.54, 1.807) is 0 Å². The summed E-state index contributed by atoms with van der Waals surface area (Å²) in [5, 5.41) is 14.7. The van der Waals surface area contributed by atoms with Crippen molar-refractivity contribution in [3.63, 3.8) is 0 Å². The van der Waals surface area contributed by atoms with Crippen LogP contribution in [0.1, 0.15) is 56.6 Å². The molecule has 2 aliphatic rings. The van der Waals surface area contributed by atoms with Gasteiger partial charge in [0.2, 0.25) is 5.91 Å². The smallest absolute Gasteiger partial charge is 0.408 e. The van der Waals surface area contributed by atoms with Crippen LogP contribution in [0.25, 0.3) is 11.1 Å². The van der Waals surface area contributed by atoms with E-state index in [9.17, 15) is 14.4 Å². The zero-order chi connectivity index (χ0) is 23.6. The van der Waals surface area contributed by atoms with Gasteiger partial charge in [0, 0.05) is 12.0 Å². The van der Waals surface area contributed by atoms with Crippen molar-refractivity contribution in [2.45, 2.75) is 57.0 Å². The van der Waals surface area contributed by atoms with Gasteiger partial charge in [-0.05, 0) is 47.4 Å². The molecule has 1 atom stereocenters. The molecule has 0 aliphatic heterocycles. The molecule has 0 aromatic heterocycles. The zero-order valence-corrected chi connectivity index (χ0v) is 19.0. The summed E-state index contributed by atoms with van der Waals surface area (Å²) in [7, 11) is 0. The largest absolute Gasteiger partial charge is 0.481 e. The first-order valence-electron chi connectivity index (χ1n) is 11.5. The highest BCUT2D eigenvalue weighted by molar-refractivity contribution is 5.91. The average Bonchev–Trinajstić information content (AvgIpc) is 3.07. The Bertz CT molecular complexity index is 1010. The van der Waals surface area contributed by atoms with E-state index in [1.165, 1.54) is 0 Å². The van der Waals surface area contributed by atoms with Crippen LogP contribution in [0.4, 0.5) is 4.79 Å². The molecule has 4 rings (SSSR count). The summed E-state index contributed by atoms with van der Waals surface area (Å²) in [6.07, 6.45) is 1.01. The second-order valence-electron chi connectivity index (χ2n) is 9.31. The number of benzene rings is 2. The quantitative estimate of drug-likeness (QED) is 0.563. The maximum absolute atomic E-state index is 13.0. The minimum absolute atomic E-state index is 0.0448. The van der Waals surface area contributed by atoms with Crippen molar-refractivity contribution in [1.82, 2.24) is 10.6 Å². The van der Waals surface area contributed by atoms with Gasteiger partial charge in [-0.1, -0.05) is 62.4 Å². The number of carboxylic acid groups (broad SMARTS) is 1. The minimum atomic E-state index is -1.05. The average molecular weight is 451 g/mol. The summed E-state index contributed by atoms with van der Waals surface area (Å²) >= 11 is 0. The third-order valence-electron chi connectivity index (χ3n) is 6.84. The van der Waals surface area contributed by atoms with Crippen LogP contribution in [0.5, 0.6) is 0 Å². The number of rotatable bonds is 8. The van der Waals surface area contributed by atoms with Gasteiger partial charge >= 0.3 is 12.1 Å². The van der Waals surface area contributed by atoms with Crippen LogP contribution < -0.4 is 10.6 Å². The molecule has 2 aromatic rings. The van der Waals surface area contributed by atoms with Crippen molar-refractivity contribution in [1.29, 1.82) is 0 Å². The van der Waals surface area contributed by atoms with Crippen LogP contribution in [0.3, 0.4) is 0 Å². The fourth-order valence-corrected chi connectivity index (χ4v) is 4.72. The number of carbonyl (C=O) groups excluding carboxylic acids is 2. The van der Waals surface area contributed by atoms with Gasteiger partial charge < -0.3 is 20.5 Å². The van der Waals surface area contributed by atoms with Crippen molar-refractivity contribution >= 4 is 18.0 Å². The Hall–Kier alpha value is -3.35. The summed E-state index contributed by atoms with van der Waals surface area (Å²) in [5.74, 6) is -1.42. The lowest BCUT2D eigenvalue weighted by Gasteiger charge is -2.41. The highest BCUT2D eigenvalue weighted by Crippen LogP contribution is 2.44. The van der Waals surface area contributed by atoms with Gasteiger partial charge in [-0.15, -0.1) is 0 Å². The highest BCUT2D eigenvalue weighted by atomic mass is 16.5. The van der Waals surface area contributed by atoms with Gasteiger partial charge in [-0.25, -0.2) is 4.79 Å². The van der Waals surface area contributed by atoms with E-state index in [4.69, 9.17) is 9.84 Å². The number of carbonyl (C=O) groups is 3. The van der Waals surface area contributed by atoms with E-state index >= 15 is 0 Å². The van der Waals surface area contributed by atoms with Crippen molar-refractivity contribution < 1.29 is 24.2 Å². The number of fused-ring (bicyclic) bond motifs is 3. The number of hydrogen-bond acceptors (Lipinski definition) is 4. The predicted octanol–water partition coefficient (Wildman–Crippen LogP) is 4.06. The maximum Gasteiger partial charge on any atom is 0.408 e. The molecular weight excluding hydrogens is 420 g/mol. The van der Waals surface area contributed by atoms with Crippen molar-refractivity contribution in [2.24, 2.45) is 5.92 Å². The SMILES string of the molecule is CC(C)[C@H](CC(=O)O)NC(=O)C1(NC(=O)OCC2c3ccccc3-c3ccccc32)CCC1. The molecule has 1 saturated carbocycles. The fourth-order valence-electron chi connectivity index (χ4n) is 4.72. The molecule has 33 heavy (non-hydrogen) atoms. The lowest BCUT2D eigenvalue weighted by molar-refractivity contribution is -0.138. The number of amides is 2. The highest BCUT2D eigenvalue weighted by Gasteiger charge is 2.47. The molecule has 2 aromatic carbocycles. The van der Waals surface area contributed by atoms with Gasteiger partial charge in [0.05, 0.1) is 6.42 Å². The molecular formula is C26H30N2O5. The van der Waals surface area contributed by atoms with Crippen molar-refractivity contribution in [3.05, 3.63) is 59.7 Å². The van der Waals surface area contributed by atoms with Crippen LogP contribution in [0.2, 0.25) is 0 Å². The number of nitrogens with one attached hydrogen (secondary N) is 2. The number of hydrogen-bond donors (Lipinski definition) is 3.